The van der Waals surface area contributed by atoms with Gasteiger partial charge in [0.15, 0.2) is 0 Å². The predicted octanol–water partition coefficient (Wildman–Crippen LogP) is 1.69. The molecule has 2 unspecified atom stereocenters. The van der Waals surface area contributed by atoms with Crippen molar-refractivity contribution in [1.29, 1.82) is 0 Å². The zero-order valence-corrected chi connectivity index (χ0v) is 17.6. The minimum absolute atomic E-state index is 0.00612. The summed E-state index contributed by atoms with van der Waals surface area (Å²) in [7, 11) is 0. The SMILES string of the molecule is CCOC(=O)C1=C(COC(=O)C(NC(C)=O)C2CCCC2)NC(=O)NC1c1ccco1. The molecule has 3 amide bonds. The Bertz CT molecular complexity index is 856. The first kappa shape index (κ1) is 22.4. The number of furan rings is 1. The van der Waals surface area contributed by atoms with Crippen LogP contribution < -0.4 is 16.0 Å². The van der Waals surface area contributed by atoms with Gasteiger partial charge < -0.3 is 29.8 Å². The fourth-order valence-electron chi connectivity index (χ4n) is 3.96. The maximum atomic E-state index is 12.8. The van der Waals surface area contributed by atoms with Crippen molar-refractivity contribution in [3.63, 3.8) is 0 Å². The summed E-state index contributed by atoms with van der Waals surface area (Å²) in [5, 5.41) is 7.81. The van der Waals surface area contributed by atoms with Gasteiger partial charge in [0.05, 0.1) is 24.1 Å². The van der Waals surface area contributed by atoms with E-state index in [0.717, 1.165) is 25.7 Å². The van der Waals surface area contributed by atoms with Crippen LogP contribution in [0, 0.1) is 5.92 Å². The second kappa shape index (κ2) is 10.1. The first-order valence-electron chi connectivity index (χ1n) is 10.4. The molecule has 1 aliphatic carbocycles. The number of carbonyl (C=O) groups is 4. The summed E-state index contributed by atoms with van der Waals surface area (Å²) < 4.78 is 15.9. The van der Waals surface area contributed by atoms with Crippen molar-refractivity contribution in [3.8, 4) is 0 Å². The van der Waals surface area contributed by atoms with Crippen molar-refractivity contribution >= 4 is 23.9 Å². The van der Waals surface area contributed by atoms with Gasteiger partial charge >= 0.3 is 18.0 Å². The molecule has 0 aromatic carbocycles. The van der Waals surface area contributed by atoms with E-state index in [4.69, 9.17) is 13.9 Å². The van der Waals surface area contributed by atoms with Crippen molar-refractivity contribution in [1.82, 2.24) is 16.0 Å². The number of ether oxygens (including phenoxy) is 2. The molecular formula is C21H27N3O7. The highest BCUT2D eigenvalue weighted by Crippen LogP contribution is 2.30. The van der Waals surface area contributed by atoms with E-state index in [-0.39, 0.29) is 36.3 Å². The van der Waals surface area contributed by atoms with Gasteiger partial charge in [-0.1, -0.05) is 12.8 Å². The molecule has 2 heterocycles. The monoisotopic (exact) mass is 433 g/mol. The molecule has 2 aliphatic rings. The van der Waals surface area contributed by atoms with Crippen LogP contribution >= 0.6 is 0 Å². The fraction of sp³-hybridized carbons (Fsp3) is 0.524. The minimum atomic E-state index is -0.891. The second-order valence-electron chi connectivity index (χ2n) is 7.49. The molecule has 31 heavy (non-hydrogen) atoms. The third kappa shape index (κ3) is 5.44. The lowest BCUT2D eigenvalue weighted by Crippen LogP contribution is -2.48. The Morgan fingerprint density at radius 2 is 2.00 bits per heavy atom. The van der Waals surface area contributed by atoms with E-state index in [1.54, 1.807) is 19.1 Å². The standard InChI is InChI=1S/C21H27N3O7/c1-3-29-19(26)16-14(23-21(28)24-18(16)15-9-6-10-30-15)11-31-20(27)17(22-12(2)25)13-7-4-5-8-13/h6,9-10,13,17-18H,3-5,7-8,11H2,1-2H3,(H,22,25)(H2,23,24,28). The van der Waals surface area contributed by atoms with Crippen molar-refractivity contribution in [3.05, 3.63) is 35.4 Å². The van der Waals surface area contributed by atoms with Crippen LogP contribution in [0.15, 0.2) is 34.1 Å². The molecule has 1 fully saturated rings. The van der Waals surface area contributed by atoms with Crippen molar-refractivity contribution in [2.45, 2.75) is 51.6 Å². The molecule has 1 saturated carbocycles. The second-order valence-corrected chi connectivity index (χ2v) is 7.49. The summed E-state index contributed by atoms with van der Waals surface area (Å²) in [5.74, 6) is -1.28. The molecule has 10 nitrogen and oxygen atoms in total. The van der Waals surface area contributed by atoms with Gasteiger partial charge in [-0.3, -0.25) is 4.79 Å². The van der Waals surface area contributed by atoms with Gasteiger partial charge in [-0.25, -0.2) is 14.4 Å². The molecule has 0 bridgehead atoms. The van der Waals surface area contributed by atoms with Crippen LogP contribution in [0.5, 0.6) is 0 Å². The van der Waals surface area contributed by atoms with Gasteiger partial charge in [-0.15, -0.1) is 0 Å². The average Bonchev–Trinajstić information content (AvgIpc) is 3.44. The van der Waals surface area contributed by atoms with E-state index < -0.39 is 30.1 Å². The first-order valence-corrected chi connectivity index (χ1v) is 10.4. The molecule has 1 aromatic rings. The van der Waals surface area contributed by atoms with E-state index in [1.165, 1.54) is 13.2 Å². The number of hydrogen-bond acceptors (Lipinski definition) is 7. The van der Waals surface area contributed by atoms with Gasteiger partial charge in [-0.05, 0) is 37.8 Å². The Hall–Kier alpha value is -3.30. The zero-order valence-electron chi connectivity index (χ0n) is 17.6. The van der Waals surface area contributed by atoms with Crippen LogP contribution in [0.3, 0.4) is 0 Å². The molecule has 0 radical (unpaired) electrons. The highest BCUT2D eigenvalue weighted by molar-refractivity contribution is 5.95. The average molecular weight is 433 g/mol. The number of carbonyl (C=O) groups excluding carboxylic acids is 4. The number of urea groups is 1. The molecule has 0 spiro atoms. The molecule has 0 saturated heterocycles. The summed E-state index contributed by atoms with van der Waals surface area (Å²) in [5.41, 5.74) is 0.186. The molecule has 168 valence electrons. The molecular weight excluding hydrogens is 406 g/mol. The molecule has 1 aromatic heterocycles. The summed E-state index contributed by atoms with van der Waals surface area (Å²) in [6.45, 7) is 2.77. The minimum Gasteiger partial charge on any atom is -0.467 e. The highest BCUT2D eigenvalue weighted by atomic mass is 16.5. The van der Waals surface area contributed by atoms with Crippen LogP contribution in [0.4, 0.5) is 4.79 Å². The number of amides is 3. The van der Waals surface area contributed by atoms with E-state index in [2.05, 4.69) is 16.0 Å². The lowest BCUT2D eigenvalue weighted by atomic mass is 9.98. The largest absolute Gasteiger partial charge is 0.467 e. The lowest BCUT2D eigenvalue weighted by molar-refractivity contribution is -0.148. The Morgan fingerprint density at radius 1 is 1.26 bits per heavy atom. The van der Waals surface area contributed by atoms with Crippen molar-refractivity contribution < 1.29 is 33.1 Å². The maximum Gasteiger partial charge on any atom is 0.338 e. The first-order chi connectivity index (χ1) is 14.9. The predicted molar refractivity (Wildman–Crippen MR) is 107 cm³/mol. The Labute approximate surface area is 179 Å². The van der Waals surface area contributed by atoms with Gasteiger partial charge in [0.25, 0.3) is 0 Å². The molecule has 1 aliphatic heterocycles. The molecule has 10 heteroatoms. The van der Waals surface area contributed by atoms with Crippen LogP contribution in [0.25, 0.3) is 0 Å². The topological polar surface area (TPSA) is 136 Å². The maximum absolute atomic E-state index is 12.8. The van der Waals surface area contributed by atoms with Crippen molar-refractivity contribution in [2.24, 2.45) is 5.92 Å². The van der Waals surface area contributed by atoms with Gasteiger partial charge in [-0.2, -0.15) is 0 Å². The van der Waals surface area contributed by atoms with Crippen LogP contribution in [-0.2, 0) is 23.9 Å². The van der Waals surface area contributed by atoms with Gasteiger partial charge in [0.1, 0.15) is 24.5 Å². The van der Waals surface area contributed by atoms with Crippen LogP contribution in [0.1, 0.15) is 51.3 Å². The van der Waals surface area contributed by atoms with Crippen LogP contribution in [-0.4, -0.2) is 43.1 Å². The van der Waals surface area contributed by atoms with Gasteiger partial charge in [0, 0.05) is 6.92 Å². The summed E-state index contributed by atoms with van der Waals surface area (Å²) >= 11 is 0. The number of nitrogens with one attached hydrogen (secondary N) is 3. The van der Waals surface area contributed by atoms with E-state index >= 15 is 0 Å². The normalized spacial score (nSPS) is 19.9. The zero-order chi connectivity index (χ0) is 22.4. The molecule has 3 rings (SSSR count). The van der Waals surface area contributed by atoms with Crippen molar-refractivity contribution in [2.75, 3.05) is 13.2 Å². The summed E-state index contributed by atoms with van der Waals surface area (Å²) in [6.07, 6.45) is 5.03. The number of esters is 2. The third-order valence-corrected chi connectivity index (χ3v) is 5.32. The summed E-state index contributed by atoms with van der Waals surface area (Å²) in [4.78, 5) is 49.2. The number of hydrogen-bond donors (Lipinski definition) is 3. The molecule has 3 N–H and O–H groups in total. The Morgan fingerprint density at radius 3 is 2.61 bits per heavy atom. The van der Waals surface area contributed by atoms with E-state index in [1.807, 2.05) is 0 Å². The highest BCUT2D eigenvalue weighted by Gasteiger charge is 2.37. The Kier molecular flexibility index (Phi) is 7.32. The summed E-state index contributed by atoms with van der Waals surface area (Å²) in [6, 6.07) is 1.01. The Balaban J connectivity index is 1.83. The number of rotatable bonds is 8. The van der Waals surface area contributed by atoms with Crippen LogP contribution in [0.2, 0.25) is 0 Å². The molecule has 2 atom stereocenters. The smallest absolute Gasteiger partial charge is 0.338 e. The fourth-order valence-corrected chi connectivity index (χ4v) is 3.96. The lowest BCUT2D eigenvalue weighted by Gasteiger charge is -2.28. The van der Waals surface area contributed by atoms with E-state index in [0.29, 0.717) is 5.76 Å². The quantitative estimate of drug-likeness (QED) is 0.531. The van der Waals surface area contributed by atoms with E-state index in [9.17, 15) is 19.2 Å². The third-order valence-electron chi connectivity index (χ3n) is 5.32. The van der Waals surface area contributed by atoms with Gasteiger partial charge in [0.2, 0.25) is 5.91 Å².